The molecule has 0 bridgehead atoms. The van der Waals surface area contributed by atoms with Gasteiger partial charge in [-0.15, -0.1) is 0 Å². The van der Waals surface area contributed by atoms with Crippen molar-refractivity contribution >= 4 is 5.82 Å². The second-order valence-corrected chi connectivity index (χ2v) is 8.36. The number of hydrogen-bond donors (Lipinski definition) is 0. The van der Waals surface area contributed by atoms with E-state index in [1.807, 2.05) is 6.92 Å². The summed E-state index contributed by atoms with van der Waals surface area (Å²) in [7, 11) is 2.17. The highest BCUT2D eigenvalue weighted by Gasteiger charge is 2.45. The van der Waals surface area contributed by atoms with E-state index < -0.39 is 0 Å². The van der Waals surface area contributed by atoms with E-state index in [4.69, 9.17) is 9.97 Å². The first-order valence-corrected chi connectivity index (χ1v) is 10.4. The standard InChI is InChI=1S/C25H27N3/c1-18-26-23-21(24(27-18)28(2)17-19-9-4-3-5-10-19)12-8-15-25(23)16-14-20-11-6-7-13-22(20)25/h3-7,9-11,13H,8,12,14-17H2,1-2H3. The first-order valence-electron chi connectivity index (χ1n) is 10.4. The summed E-state index contributed by atoms with van der Waals surface area (Å²) < 4.78 is 0. The Bertz CT molecular complexity index is 1010. The topological polar surface area (TPSA) is 29.0 Å². The van der Waals surface area contributed by atoms with Gasteiger partial charge in [0.1, 0.15) is 11.6 Å². The fraction of sp³-hybridized carbons (Fsp3) is 0.360. The van der Waals surface area contributed by atoms with Crippen LogP contribution in [0.5, 0.6) is 0 Å². The highest BCUT2D eigenvalue weighted by Crippen LogP contribution is 2.51. The molecule has 2 aliphatic carbocycles. The molecule has 3 heteroatoms. The first-order chi connectivity index (χ1) is 13.7. The fourth-order valence-electron chi connectivity index (χ4n) is 5.33. The number of anilines is 1. The Morgan fingerprint density at radius 3 is 2.57 bits per heavy atom. The zero-order valence-electron chi connectivity index (χ0n) is 16.8. The Kier molecular flexibility index (Phi) is 4.19. The van der Waals surface area contributed by atoms with Gasteiger partial charge >= 0.3 is 0 Å². The molecule has 0 saturated heterocycles. The van der Waals surface area contributed by atoms with E-state index in [2.05, 4.69) is 66.5 Å². The van der Waals surface area contributed by atoms with Crippen molar-refractivity contribution in [3.63, 3.8) is 0 Å². The van der Waals surface area contributed by atoms with Gasteiger partial charge < -0.3 is 4.90 Å². The van der Waals surface area contributed by atoms with Gasteiger partial charge in [-0.25, -0.2) is 9.97 Å². The lowest BCUT2D eigenvalue weighted by Crippen LogP contribution is -2.34. The molecule has 0 fully saturated rings. The lowest BCUT2D eigenvalue weighted by Gasteiger charge is -2.37. The molecule has 3 nitrogen and oxygen atoms in total. The zero-order valence-corrected chi connectivity index (χ0v) is 16.8. The van der Waals surface area contributed by atoms with Crippen molar-refractivity contribution in [1.29, 1.82) is 0 Å². The van der Waals surface area contributed by atoms with Gasteiger partial charge in [-0.05, 0) is 55.7 Å². The predicted octanol–water partition coefficient (Wildman–Crippen LogP) is 4.99. The molecule has 1 atom stereocenters. The van der Waals surface area contributed by atoms with Gasteiger partial charge in [0.15, 0.2) is 0 Å². The number of aryl methyl sites for hydroxylation is 2. The van der Waals surface area contributed by atoms with Gasteiger partial charge in [0.05, 0.1) is 5.69 Å². The summed E-state index contributed by atoms with van der Waals surface area (Å²) in [6, 6.07) is 19.7. The van der Waals surface area contributed by atoms with E-state index in [0.29, 0.717) is 0 Å². The summed E-state index contributed by atoms with van der Waals surface area (Å²) in [5.74, 6) is 2.01. The molecule has 0 saturated carbocycles. The number of hydrogen-bond acceptors (Lipinski definition) is 3. The summed E-state index contributed by atoms with van der Waals surface area (Å²) in [5.41, 5.74) is 7.07. The van der Waals surface area contributed by atoms with Gasteiger partial charge in [0.25, 0.3) is 0 Å². The van der Waals surface area contributed by atoms with E-state index in [0.717, 1.165) is 31.0 Å². The molecule has 28 heavy (non-hydrogen) atoms. The van der Waals surface area contributed by atoms with E-state index in [9.17, 15) is 0 Å². The molecule has 3 aromatic rings. The third-order valence-corrected chi connectivity index (χ3v) is 6.56. The lowest BCUT2D eigenvalue weighted by atomic mass is 9.69. The Hall–Kier alpha value is -2.68. The van der Waals surface area contributed by atoms with Gasteiger partial charge in [-0.2, -0.15) is 0 Å². The number of nitrogens with zero attached hydrogens (tertiary/aromatic N) is 3. The molecule has 0 aliphatic heterocycles. The average Bonchev–Trinajstić information content (AvgIpc) is 3.08. The SMILES string of the molecule is Cc1nc(N(C)Cc2ccccc2)c2c(n1)C1(CCC2)CCc2ccccc21. The second-order valence-electron chi connectivity index (χ2n) is 8.36. The van der Waals surface area contributed by atoms with Crippen LogP contribution in [0.3, 0.4) is 0 Å². The van der Waals surface area contributed by atoms with Crippen LogP contribution in [-0.2, 0) is 24.8 Å². The molecule has 0 N–H and O–H groups in total. The molecular formula is C25H27N3. The lowest BCUT2D eigenvalue weighted by molar-refractivity contribution is 0.410. The minimum atomic E-state index is 0.0835. The fourth-order valence-corrected chi connectivity index (χ4v) is 5.33. The molecule has 2 aromatic carbocycles. The first kappa shape index (κ1) is 17.4. The molecule has 0 radical (unpaired) electrons. The molecule has 1 unspecified atom stereocenters. The molecule has 1 heterocycles. The normalized spacial score (nSPS) is 20.1. The second kappa shape index (κ2) is 6.73. The number of fused-ring (bicyclic) bond motifs is 4. The van der Waals surface area contributed by atoms with E-state index in [1.165, 1.54) is 47.2 Å². The van der Waals surface area contributed by atoms with Crippen LogP contribution in [0.25, 0.3) is 0 Å². The Morgan fingerprint density at radius 2 is 1.71 bits per heavy atom. The van der Waals surface area contributed by atoms with Crippen molar-refractivity contribution in [3.8, 4) is 0 Å². The molecule has 5 rings (SSSR count). The van der Waals surface area contributed by atoms with Crippen LogP contribution in [0, 0.1) is 6.92 Å². The van der Waals surface area contributed by atoms with Crippen LogP contribution in [0.2, 0.25) is 0 Å². The van der Waals surface area contributed by atoms with E-state index in [-0.39, 0.29) is 5.41 Å². The Labute approximate surface area is 167 Å². The van der Waals surface area contributed by atoms with Gasteiger partial charge in [0.2, 0.25) is 0 Å². The maximum Gasteiger partial charge on any atom is 0.135 e. The van der Waals surface area contributed by atoms with Gasteiger partial charge in [-0.3, -0.25) is 0 Å². The zero-order chi connectivity index (χ0) is 19.1. The third-order valence-electron chi connectivity index (χ3n) is 6.56. The number of aromatic nitrogens is 2. The Balaban J connectivity index is 1.61. The highest BCUT2D eigenvalue weighted by molar-refractivity contribution is 5.57. The molecule has 142 valence electrons. The third kappa shape index (κ3) is 2.72. The maximum atomic E-state index is 5.06. The van der Waals surface area contributed by atoms with Crippen molar-refractivity contribution in [2.45, 2.75) is 51.0 Å². The smallest absolute Gasteiger partial charge is 0.135 e. The Morgan fingerprint density at radius 1 is 0.929 bits per heavy atom. The highest BCUT2D eigenvalue weighted by atomic mass is 15.2. The van der Waals surface area contributed by atoms with Crippen molar-refractivity contribution in [2.75, 3.05) is 11.9 Å². The van der Waals surface area contributed by atoms with Crippen LogP contribution in [0.15, 0.2) is 54.6 Å². The minimum absolute atomic E-state index is 0.0835. The summed E-state index contributed by atoms with van der Waals surface area (Å²) in [6.45, 7) is 2.91. The summed E-state index contributed by atoms with van der Waals surface area (Å²) >= 11 is 0. The van der Waals surface area contributed by atoms with Crippen molar-refractivity contribution < 1.29 is 0 Å². The number of benzene rings is 2. The van der Waals surface area contributed by atoms with Gasteiger partial charge in [0, 0.05) is 24.6 Å². The van der Waals surface area contributed by atoms with Crippen molar-refractivity contribution in [3.05, 3.63) is 88.4 Å². The summed E-state index contributed by atoms with van der Waals surface area (Å²) in [6.07, 6.45) is 5.83. The summed E-state index contributed by atoms with van der Waals surface area (Å²) in [4.78, 5) is 12.3. The largest absolute Gasteiger partial charge is 0.355 e. The molecule has 2 aliphatic rings. The monoisotopic (exact) mass is 369 g/mol. The summed E-state index contributed by atoms with van der Waals surface area (Å²) in [5, 5.41) is 0. The minimum Gasteiger partial charge on any atom is -0.355 e. The molecular weight excluding hydrogens is 342 g/mol. The molecule has 1 spiro atoms. The predicted molar refractivity (Wildman–Crippen MR) is 114 cm³/mol. The van der Waals surface area contributed by atoms with Crippen LogP contribution in [0.1, 0.15) is 53.0 Å². The molecule has 1 aromatic heterocycles. The van der Waals surface area contributed by atoms with Crippen molar-refractivity contribution in [2.24, 2.45) is 0 Å². The van der Waals surface area contributed by atoms with Crippen LogP contribution < -0.4 is 4.90 Å². The van der Waals surface area contributed by atoms with Crippen molar-refractivity contribution in [1.82, 2.24) is 9.97 Å². The van der Waals surface area contributed by atoms with Crippen LogP contribution in [-0.4, -0.2) is 17.0 Å². The average molecular weight is 370 g/mol. The van der Waals surface area contributed by atoms with E-state index >= 15 is 0 Å². The molecule has 0 amide bonds. The van der Waals surface area contributed by atoms with Crippen LogP contribution in [0.4, 0.5) is 5.82 Å². The number of rotatable bonds is 3. The van der Waals surface area contributed by atoms with E-state index in [1.54, 1.807) is 0 Å². The van der Waals surface area contributed by atoms with Crippen LogP contribution >= 0.6 is 0 Å². The van der Waals surface area contributed by atoms with Gasteiger partial charge in [-0.1, -0.05) is 54.6 Å². The maximum absolute atomic E-state index is 5.06. The quantitative estimate of drug-likeness (QED) is 0.651.